The Bertz CT molecular complexity index is 839. The number of nitrogens with one attached hydrogen (secondary N) is 3. The molecule has 0 saturated heterocycles. The molecule has 0 amide bonds. The molecule has 1 aromatic carbocycles. The molecule has 2 unspecified atom stereocenters. The molecule has 0 aromatic heterocycles. The molecule has 0 aliphatic carbocycles. The van der Waals surface area contributed by atoms with Gasteiger partial charge in [-0.05, 0) is 44.9 Å². The largest absolute Gasteiger partial charge is 0.489 e. The van der Waals surface area contributed by atoms with Crippen LogP contribution in [0, 0.1) is 11.3 Å². The van der Waals surface area contributed by atoms with Crippen LogP contribution in [-0.2, 0) is 4.74 Å². The third-order valence-corrected chi connectivity index (χ3v) is 4.42. The fraction of sp³-hybridized carbons (Fsp3) is 0.429. The Morgan fingerprint density at radius 2 is 2.07 bits per heavy atom. The summed E-state index contributed by atoms with van der Waals surface area (Å²) >= 11 is 0. The zero-order chi connectivity index (χ0) is 21.9. The van der Waals surface area contributed by atoms with Crippen LogP contribution in [0.1, 0.15) is 32.8 Å². The predicted molar refractivity (Wildman–Crippen MR) is 115 cm³/mol. The van der Waals surface area contributed by atoms with Gasteiger partial charge in [0.2, 0.25) is 5.88 Å². The maximum atomic E-state index is 10.1. The van der Waals surface area contributed by atoms with Gasteiger partial charge in [-0.2, -0.15) is 10.4 Å². The Morgan fingerprint density at radius 3 is 2.77 bits per heavy atom. The van der Waals surface area contributed by atoms with E-state index in [-0.39, 0.29) is 12.6 Å². The third-order valence-electron chi connectivity index (χ3n) is 4.42. The Hall–Kier alpha value is -3.22. The Labute approximate surface area is 177 Å². The van der Waals surface area contributed by atoms with Gasteiger partial charge in [-0.3, -0.25) is 10.9 Å². The number of aliphatic hydroxyl groups excluding tert-OH is 1. The van der Waals surface area contributed by atoms with Gasteiger partial charge >= 0.3 is 0 Å². The van der Waals surface area contributed by atoms with Crippen LogP contribution in [0.4, 0.5) is 0 Å². The van der Waals surface area contributed by atoms with Gasteiger partial charge in [-0.1, -0.05) is 12.1 Å². The van der Waals surface area contributed by atoms with E-state index < -0.39 is 6.10 Å². The number of hydrogen-bond acceptors (Lipinski definition) is 9. The fourth-order valence-electron chi connectivity index (χ4n) is 2.70. The maximum Gasteiger partial charge on any atom is 0.207 e. The summed E-state index contributed by atoms with van der Waals surface area (Å²) in [7, 11) is 0. The number of nitriles is 1. The molecule has 6 N–H and O–H groups in total. The predicted octanol–water partition coefficient (Wildman–Crippen LogP) is 1.24. The summed E-state index contributed by atoms with van der Waals surface area (Å²) < 4.78 is 11.3. The second-order valence-corrected chi connectivity index (χ2v) is 7.17. The molecule has 9 heteroatoms. The van der Waals surface area contributed by atoms with Crippen molar-refractivity contribution < 1.29 is 14.6 Å². The van der Waals surface area contributed by atoms with E-state index in [9.17, 15) is 5.11 Å². The molecule has 1 aliphatic rings. The average molecular weight is 415 g/mol. The molecule has 0 spiro atoms. The minimum atomic E-state index is -0.696. The number of hydrazine groups is 1. The molecule has 0 fully saturated rings. The first-order valence-electron chi connectivity index (χ1n) is 9.80. The number of hydrogen-bond donors (Lipinski definition) is 5. The molecular weight excluding hydrogens is 384 g/mol. The summed E-state index contributed by atoms with van der Waals surface area (Å²) in [5, 5.41) is 26.2. The molecule has 2 atom stereocenters. The Kier molecular flexibility index (Phi) is 9.00. The van der Waals surface area contributed by atoms with Crippen LogP contribution in [0.25, 0.3) is 0 Å². The van der Waals surface area contributed by atoms with Crippen molar-refractivity contribution in [2.24, 2.45) is 10.9 Å². The van der Waals surface area contributed by atoms with E-state index in [0.29, 0.717) is 36.1 Å². The van der Waals surface area contributed by atoms with Gasteiger partial charge in [0.1, 0.15) is 30.2 Å². The van der Waals surface area contributed by atoms with Crippen molar-refractivity contribution in [3.05, 3.63) is 53.1 Å². The van der Waals surface area contributed by atoms with Crippen molar-refractivity contribution in [2.45, 2.75) is 39.3 Å². The first kappa shape index (κ1) is 23.1. The number of hydrazone groups is 1. The standard InChI is InChI=1S/C21H30N6O3/c1-14(2)21-18(25-23)10-20(26-27-21)29-9-8-15(3)24-12-17(28)13-30-19-7-5-4-6-16(19)11-22/h4-7,10,15,17,24,26-28H,8-9,12-13,23H2,1-3H3. The minimum absolute atomic E-state index is 0.102. The lowest BCUT2D eigenvalue weighted by atomic mass is 10.1. The van der Waals surface area contributed by atoms with Crippen molar-refractivity contribution >= 4 is 5.71 Å². The number of nitrogens with two attached hydrogens (primary N) is 1. The van der Waals surface area contributed by atoms with E-state index in [0.717, 1.165) is 17.7 Å². The highest BCUT2D eigenvalue weighted by Gasteiger charge is 2.15. The van der Waals surface area contributed by atoms with E-state index in [1.54, 1.807) is 30.3 Å². The molecule has 9 nitrogen and oxygen atoms in total. The quantitative estimate of drug-likeness (QED) is 0.285. The molecule has 162 valence electrons. The lowest BCUT2D eigenvalue weighted by Gasteiger charge is -2.23. The van der Waals surface area contributed by atoms with Gasteiger partial charge < -0.3 is 25.7 Å². The number of para-hydroxylation sites is 1. The summed E-state index contributed by atoms with van der Waals surface area (Å²) in [5.74, 6) is 6.46. The van der Waals surface area contributed by atoms with Crippen LogP contribution in [0.3, 0.4) is 0 Å². The number of aliphatic hydroxyl groups is 1. The van der Waals surface area contributed by atoms with Gasteiger partial charge in [0.05, 0.1) is 17.9 Å². The monoisotopic (exact) mass is 414 g/mol. The van der Waals surface area contributed by atoms with E-state index >= 15 is 0 Å². The maximum absolute atomic E-state index is 10.1. The van der Waals surface area contributed by atoms with E-state index in [4.69, 9.17) is 20.6 Å². The van der Waals surface area contributed by atoms with Crippen LogP contribution in [0.15, 0.2) is 52.6 Å². The second-order valence-electron chi connectivity index (χ2n) is 7.17. The highest BCUT2D eigenvalue weighted by Crippen LogP contribution is 2.16. The fourth-order valence-corrected chi connectivity index (χ4v) is 2.70. The minimum Gasteiger partial charge on any atom is -0.489 e. The Balaban J connectivity index is 1.68. The number of nitrogens with zero attached hydrogens (tertiary/aromatic N) is 2. The average Bonchev–Trinajstić information content (AvgIpc) is 2.76. The van der Waals surface area contributed by atoms with Crippen LogP contribution >= 0.6 is 0 Å². The normalized spacial score (nSPS) is 16.6. The summed E-state index contributed by atoms with van der Waals surface area (Å²) in [6, 6.07) is 9.14. The van der Waals surface area contributed by atoms with E-state index in [2.05, 4.69) is 27.3 Å². The van der Waals surface area contributed by atoms with Crippen molar-refractivity contribution in [3.8, 4) is 11.8 Å². The van der Waals surface area contributed by atoms with E-state index in [1.807, 2.05) is 20.8 Å². The summed E-state index contributed by atoms with van der Waals surface area (Å²) in [5.41, 5.74) is 8.95. The SMILES string of the molecule is CC(C)=C1NNC(OCCC(C)NCC(O)COc2ccccc2C#N)=CC1=NN. The number of rotatable bonds is 10. The molecular formula is C21H30N6O3. The molecule has 1 heterocycles. The topological polar surface area (TPSA) is 137 Å². The number of ether oxygens (including phenoxy) is 2. The first-order valence-corrected chi connectivity index (χ1v) is 9.80. The molecule has 0 radical (unpaired) electrons. The highest BCUT2D eigenvalue weighted by molar-refractivity contribution is 6.09. The van der Waals surface area contributed by atoms with Gasteiger partial charge in [0, 0.05) is 18.7 Å². The Morgan fingerprint density at radius 1 is 1.30 bits per heavy atom. The van der Waals surface area contributed by atoms with Crippen molar-refractivity contribution in [2.75, 3.05) is 19.8 Å². The lowest BCUT2D eigenvalue weighted by Crippen LogP contribution is -2.40. The molecule has 0 saturated carbocycles. The van der Waals surface area contributed by atoms with Gasteiger partial charge in [0.15, 0.2) is 0 Å². The van der Waals surface area contributed by atoms with Gasteiger partial charge in [0.25, 0.3) is 0 Å². The van der Waals surface area contributed by atoms with Crippen LogP contribution in [0.5, 0.6) is 5.75 Å². The highest BCUT2D eigenvalue weighted by atomic mass is 16.5. The smallest absolute Gasteiger partial charge is 0.207 e. The summed E-state index contributed by atoms with van der Waals surface area (Å²) in [6.45, 7) is 6.88. The van der Waals surface area contributed by atoms with E-state index in [1.165, 1.54) is 0 Å². The van der Waals surface area contributed by atoms with Crippen molar-refractivity contribution in [3.63, 3.8) is 0 Å². The number of benzene rings is 1. The lowest BCUT2D eigenvalue weighted by molar-refractivity contribution is 0.101. The van der Waals surface area contributed by atoms with Crippen LogP contribution in [-0.4, -0.2) is 42.7 Å². The summed E-state index contributed by atoms with van der Waals surface area (Å²) in [6.07, 6.45) is 1.78. The number of allylic oxidation sites excluding steroid dienone is 2. The van der Waals surface area contributed by atoms with Gasteiger partial charge in [-0.15, -0.1) is 0 Å². The molecule has 0 bridgehead atoms. The molecule has 2 rings (SSSR count). The van der Waals surface area contributed by atoms with Gasteiger partial charge in [-0.25, -0.2) is 0 Å². The van der Waals surface area contributed by atoms with Crippen LogP contribution < -0.4 is 26.7 Å². The third kappa shape index (κ3) is 6.99. The van der Waals surface area contributed by atoms with Crippen molar-refractivity contribution in [1.82, 2.24) is 16.2 Å². The molecule has 1 aliphatic heterocycles. The molecule has 1 aromatic rings. The molecule has 30 heavy (non-hydrogen) atoms. The zero-order valence-corrected chi connectivity index (χ0v) is 17.6. The summed E-state index contributed by atoms with van der Waals surface area (Å²) in [4.78, 5) is 0. The van der Waals surface area contributed by atoms with Crippen LogP contribution in [0.2, 0.25) is 0 Å². The first-order chi connectivity index (χ1) is 14.4. The van der Waals surface area contributed by atoms with Crippen molar-refractivity contribution in [1.29, 1.82) is 5.26 Å². The zero-order valence-electron chi connectivity index (χ0n) is 17.6. The second kappa shape index (κ2) is 11.7.